The first-order chi connectivity index (χ1) is 4.70. The summed E-state index contributed by atoms with van der Waals surface area (Å²) in [5.74, 6) is 0.470. The molecule has 0 saturated carbocycles. The van der Waals surface area contributed by atoms with E-state index in [9.17, 15) is 0 Å². The Balaban J connectivity index is 2.89. The third-order valence-corrected chi connectivity index (χ3v) is 1.57. The topological polar surface area (TPSA) is 38.9 Å². The molecule has 1 heterocycles. The minimum Gasteiger partial charge on any atom is -0.384 e. The van der Waals surface area contributed by atoms with Crippen LogP contribution in [0.3, 0.4) is 0 Å². The van der Waals surface area contributed by atoms with Crippen LogP contribution < -0.4 is 5.73 Å². The number of nitrogen functional groups attached to an aromatic ring is 1. The zero-order chi connectivity index (χ0) is 7.56. The summed E-state index contributed by atoms with van der Waals surface area (Å²) in [6.45, 7) is 0. The Bertz CT molecular complexity index is 207. The first-order valence-corrected chi connectivity index (χ1v) is 3.57. The van der Waals surface area contributed by atoms with Crippen molar-refractivity contribution in [1.29, 1.82) is 0 Å². The molecular weight excluding hydrogens is 171 g/mol. The minimum atomic E-state index is -0.520. The summed E-state index contributed by atoms with van der Waals surface area (Å²) < 4.78 is 0. The van der Waals surface area contributed by atoms with Crippen molar-refractivity contribution in [2.75, 3.05) is 5.73 Å². The van der Waals surface area contributed by atoms with E-state index in [4.69, 9.17) is 28.9 Å². The van der Waals surface area contributed by atoms with Gasteiger partial charge in [0.1, 0.15) is 10.7 Å². The number of nitrogens with two attached hydrogens (primary N) is 1. The number of aromatic nitrogens is 1. The van der Waals surface area contributed by atoms with Gasteiger partial charge < -0.3 is 5.73 Å². The molecule has 0 radical (unpaired) electrons. The van der Waals surface area contributed by atoms with Crippen molar-refractivity contribution < 1.29 is 0 Å². The molecule has 0 spiro atoms. The third kappa shape index (κ3) is 1.75. The summed E-state index contributed by atoms with van der Waals surface area (Å²) in [5, 5.41) is 0. The Morgan fingerprint density at radius 3 is 2.50 bits per heavy atom. The quantitative estimate of drug-likeness (QED) is 0.667. The van der Waals surface area contributed by atoms with Crippen LogP contribution in [-0.2, 0) is 0 Å². The van der Waals surface area contributed by atoms with E-state index in [0.29, 0.717) is 5.82 Å². The molecule has 0 amide bonds. The van der Waals surface area contributed by atoms with Gasteiger partial charge in [0.25, 0.3) is 0 Å². The molecule has 0 aliphatic heterocycles. The lowest BCUT2D eigenvalue weighted by atomic mass is 10.3. The van der Waals surface area contributed by atoms with Crippen molar-refractivity contribution in [2.24, 2.45) is 0 Å². The van der Waals surface area contributed by atoms with Crippen LogP contribution in [0, 0.1) is 0 Å². The molecule has 1 rings (SSSR count). The maximum atomic E-state index is 5.54. The second kappa shape index (κ2) is 3.08. The molecule has 0 saturated heterocycles. The lowest BCUT2D eigenvalue weighted by molar-refractivity contribution is 1.23. The van der Waals surface area contributed by atoms with Crippen LogP contribution >= 0.6 is 23.2 Å². The maximum Gasteiger partial charge on any atom is 0.134 e. The van der Waals surface area contributed by atoms with E-state index >= 15 is 0 Å². The summed E-state index contributed by atoms with van der Waals surface area (Å²) in [7, 11) is 0. The molecule has 0 aliphatic rings. The molecule has 0 unspecified atom stereocenters. The third-order valence-electron chi connectivity index (χ3n) is 1.06. The van der Waals surface area contributed by atoms with Crippen LogP contribution in [-0.4, -0.2) is 4.98 Å². The monoisotopic (exact) mass is 176 g/mol. The zero-order valence-electron chi connectivity index (χ0n) is 5.09. The normalized spacial score (nSPS) is 10.3. The number of halogens is 2. The molecule has 1 aromatic heterocycles. The van der Waals surface area contributed by atoms with E-state index in [1.165, 1.54) is 0 Å². The largest absolute Gasteiger partial charge is 0.384 e. The van der Waals surface area contributed by atoms with Gasteiger partial charge in [0.15, 0.2) is 0 Å². The highest BCUT2D eigenvalue weighted by molar-refractivity contribution is 6.44. The summed E-state index contributed by atoms with van der Waals surface area (Å²) in [6.07, 6.45) is 1.56. The molecule has 2 N–H and O–H groups in total. The van der Waals surface area contributed by atoms with E-state index in [2.05, 4.69) is 4.98 Å². The standard InChI is InChI=1S/C6H6Cl2N2/c7-6(8)4-1-2-5(9)10-3-4/h1-3,6H,(H2,9,10). The minimum absolute atomic E-state index is 0.470. The van der Waals surface area contributed by atoms with Gasteiger partial charge in [-0.2, -0.15) is 0 Å². The van der Waals surface area contributed by atoms with Crippen LogP contribution in [0.15, 0.2) is 18.3 Å². The average molecular weight is 177 g/mol. The number of rotatable bonds is 1. The van der Waals surface area contributed by atoms with Gasteiger partial charge >= 0.3 is 0 Å². The molecule has 1 aromatic rings. The summed E-state index contributed by atoms with van der Waals surface area (Å²) >= 11 is 11.1. The molecular formula is C6H6Cl2N2. The van der Waals surface area contributed by atoms with Gasteiger partial charge in [0.2, 0.25) is 0 Å². The van der Waals surface area contributed by atoms with Crippen LogP contribution in [0.4, 0.5) is 5.82 Å². The number of nitrogens with zero attached hydrogens (tertiary/aromatic N) is 1. The Kier molecular flexibility index (Phi) is 2.35. The Hall–Kier alpha value is -0.470. The molecule has 0 aliphatic carbocycles. The summed E-state index contributed by atoms with van der Waals surface area (Å²) in [4.78, 5) is 3.29. The lowest BCUT2D eigenvalue weighted by Crippen LogP contribution is -1.90. The predicted molar refractivity (Wildman–Crippen MR) is 43.1 cm³/mol. The first kappa shape index (κ1) is 7.63. The fourth-order valence-corrected chi connectivity index (χ4v) is 0.804. The van der Waals surface area contributed by atoms with Gasteiger partial charge in [-0.1, -0.05) is 6.07 Å². The van der Waals surface area contributed by atoms with Crippen LogP contribution in [0.25, 0.3) is 0 Å². The highest BCUT2D eigenvalue weighted by atomic mass is 35.5. The molecule has 0 fully saturated rings. The second-order valence-corrected chi connectivity index (χ2v) is 2.91. The first-order valence-electron chi connectivity index (χ1n) is 2.69. The van der Waals surface area contributed by atoms with Crippen molar-refractivity contribution in [3.05, 3.63) is 23.9 Å². The van der Waals surface area contributed by atoms with Gasteiger partial charge in [0, 0.05) is 11.8 Å². The molecule has 0 bridgehead atoms. The van der Waals surface area contributed by atoms with E-state index < -0.39 is 4.84 Å². The van der Waals surface area contributed by atoms with E-state index in [1.54, 1.807) is 18.3 Å². The van der Waals surface area contributed by atoms with Crippen LogP contribution in [0.2, 0.25) is 0 Å². The molecule has 4 heteroatoms. The second-order valence-electron chi connectivity index (χ2n) is 1.82. The van der Waals surface area contributed by atoms with Crippen molar-refractivity contribution in [3.63, 3.8) is 0 Å². The number of hydrogen-bond acceptors (Lipinski definition) is 2. The van der Waals surface area contributed by atoms with Crippen molar-refractivity contribution in [2.45, 2.75) is 4.84 Å². The Morgan fingerprint density at radius 2 is 2.10 bits per heavy atom. The molecule has 10 heavy (non-hydrogen) atoms. The predicted octanol–water partition coefficient (Wildman–Crippen LogP) is 2.14. The average Bonchev–Trinajstić information content (AvgIpc) is 1.88. The number of pyridine rings is 1. The zero-order valence-corrected chi connectivity index (χ0v) is 6.60. The maximum absolute atomic E-state index is 5.54. The van der Waals surface area contributed by atoms with E-state index in [-0.39, 0.29) is 0 Å². The molecule has 0 atom stereocenters. The number of hydrogen-bond donors (Lipinski definition) is 1. The highest BCUT2D eigenvalue weighted by Crippen LogP contribution is 2.23. The lowest BCUT2D eigenvalue weighted by Gasteiger charge is -1.98. The number of anilines is 1. The fraction of sp³-hybridized carbons (Fsp3) is 0.167. The SMILES string of the molecule is Nc1ccc(C(Cl)Cl)cn1. The van der Waals surface area contributed by atoms with Gasteiger partial charge in [-0.05, 0) is 6.07 Å². The summed E-state index contributed by atoms with van der Waals surface area (Å²) in [6, 6.07) is 3.40. The molecule has 2 nitrogen and oxygen atoms in total. The van der Waals surface area contributed by atoms with Crippen molar-refractivity contribution >= 4 is 29.0 Å². The number of alkyl halides is 2. The van der Waals surface area contributed by atoms with Gasteiger partial charge in [-0.3, -0.25) is 0 Å². The Morgan fingerprint density at radius 1 is 1.40 bits per heavy atom. The van der Waals surface area contributed by atoms with Crippen LogP contribution in [0.5, 0.6) is 0 Å². The van der Waals surface area contributed by atoms with E-state index in [1.807, 2.05) is 0 Å². The summed E-state index contributed by atoms with van der Waals surface area (Å²) in [5.41, 5.74) is 6.09. The highest BCUT2D eigenvalue weighted by Gasteiger charge is 2.01. The van der Waals surface area contributed by atoms with Gasteiger partial charge in [0.05, 0.1) is 0 Å². The van der Waals surface area contributed by atoms with Crippen LogP contribution in [0.1, 0.15) is 10.4 Å². The van der Waals surface area contributed by atoms with Crippen molar-refractivity contribution in [3.8, 4) is 0 Å². The van der Waals surface area contributed by atoms with E-state index in [0.717, 1.165) is 5.56 Å². The molecule has 54 valence electrons. The fourth-order valence-electron chi connectivity index (χ4n) is 0.546. The smallest absolute Gasteiger partial charge is 0.134 e. The van der Waals surface area contributed by atoms with Gasteiger partial charge in [-0.15, -0.1) is 23.2 Å². The Labute approximate surface area is 69.0 Å². The van der Waals surface area contributed by atoms with Crippen molar-refractivity contribution in [1.82, 2.24) is 4.98 Å². The van der Waals surface area contributed by atoms with Gasteiger partial charge in [-0.25, -0.2) is 4.98 Å². The molecule has 0 aromatic carbocycles.